The molecule has 0 aliphatic rings. The standard InChI is InChI=1S/C12H23N3/c1-10(2)14-11-13-7-9-15(11)8-6-12(3,4)5/h7,9-10H,6,8H2,1-5H3,(H,13,14). The highest BCUT2D eigenvalue weighted by molar-refractivity contribution is 5.26. The van der Waals surface area contributed by atoms with Crippen molar-refractivity contribution in [3.05, 3.63) is 12.4 Å². The SMILES string of the molecule is CC(C)Nc1nccn1CCC(C)(C)C. The van der Waals surface area contributed by atoms with Gasteiger partial charge in [-0.05, 0) is 25.7 Å². The molecule has 0 aliphatic heterocycles. The van der Waals surface area contributed by atoms with Gasteiger partial charge in [0.2, 0.25) is 5.95 Å². The van der Waals surface area contributed by atoms with Crippen molar-refractivity contribution in [2.45, 2.75) is 53.6 Å². The predicted molar refractivity (Wildman–Crippen MR) is 65.1 cm³/mol. The van der Waals surface area contributed by atoms with Crippen molar-refractivity contribution in [1.82, 2.24) is 9.55 Å². The monoisotopic (exact) mass is 209 g/mol. The molecule has 0 unspecified atom stereocenters. The Morgan fingerprint density at radius 1 is 1.40 bits per heavy atom. The first kappa shape index (κ1) is 12.1. The molecule has 0 saturated heterocycles. The molecule has 1 aromatic rings. The third kappa shape index (κ3) is 4.36. The quantitative estimate of drug-likeness (QED) is 0.825. The van der Waals surface area contributed by atoms with Crippen LogP contribution in [0.3, 0.4) is 0 Å². The minimum atomic E-state index is 0.374. The number of hydrogen-bond acceptors (Lipinski definition) is 2. The Labute approximate surface area is 92.9 Å². The van der Waals surface area contributed by atoms with Crippen LogP contribution in [0.4, 0.5) is 5.95 Å². The number of rotatable bonds is 4. The summed E-state index contributed by atoms with van der Waals surface area (Å²) in [4.78, 5) is 4.31. The summed E-state index contributed by atoms with van der Waals surface area (Å²) in [6.45, 7) is 12.1. The Morgan fingerprint density at radius 3 is 2.60 bits per heavy atom. The number of nitrogens with zero attached hydrogens (tertiary/aromatic N) is 2. The zero-order valence-electron chi connectivity index (χ0n) is 10.5. The van der Waals surface area contributed by atoms with Gasteiger partial charge in [-0.15, -0.1) is 0 Å². The van der Waals surface area contributed by atoms with Gasteiger partial charge in [-0.2, -0.15) is 0 Å². The van der Waals surface area contributed by atoms with E-state index >= 15 is 0 Å². The molecule has 1 heterocycles. The topological polar surface area (TPSA) is 29.9 Å². The van der Waals surface area contributed by atoms with Crippen molar-refractivity contribution >= 4 is 5.95 Å². The van der Waals surface area contributed by atoms with Crippen molar-refractivity contribution in [3.8, 4) is 0 Å². The third-order valence-corrected chi connectivity index (χ3v) is 2.24. The molecule has 0 radical (unpaired) electrons. The number of aromatic nitrogens is 2. The fourth-order valence-corrected chi connectivity index (χ4v) is 1.34. The second-order valence-corrected chi connectivity index (χ2v) is 5.55. The van der Waals surface area contributed by atoms with E-state index in [-0.39, 0.29) is 0 Å². The van der Waals surface area contributed by atoms with Gasteiger partial charge < -0.3 is 9.88 Å². The summed E-state index contributed by atoms with van der Waals surface area (Å²) in [6, 6.07) is 0.431. The third-order valence-electron chi connectivity index (χ3n) is 2.24. The lowest BCUT2D eigenvalue weighted by molar-refractivity contribution is 0.351. The fraction of sp³-hybridized carbons (Fsp3) is 0.750. The molecule has 0 amide bonds. The van der Waals surface area contributed by atoms with Gasteiger partial charge in [0.15, 0.2) is 0 Å². The minimum Gasteiger partial charge on any atom is -0.353 e. The van der Waals surface area contributed by atoms with Crippen LogP contribution >= 0.6 is 0 Å². The molecule has 3 heteroatoms. The number of aryl methyl sites for hydroxylation is 1. The Balaban J connectivity index is 2.57. The molecule has 1 N–H and O–H groups in total. The molecular weight excluding hydrogens is 186 g/mol. The molecular formula is C12H23N3. The van der Waals surface area contributed by atoms with Gasteiger partial charge in [-0.1, -0.05) is 20.8 Å². The van der Waals surface area contributed by atoms with Gasteiger partial charge in [0, 0.05) is 25.0 Å². The summed E-state index contributed by atoms with van der Waals surface area (Å²) >= 11 is 0. The van der Waals surface area contributed by atoms with Gasteiger partial charge in [-0.3, -0.25) is 0 Å². The van der Waals surface area contributed by atoms with E-state index < -0.39 is 0 Å². The number of imidazole rings is 1. The smallest absolute Gasteiger partial charge is 0.202 e. The van der Waals surface area contributed by atoms with Crippen LogP contribution in [-0.2, 0) is 6.54 Å². The Bertz CT molecular complexity index is 294. The molecule has 0 bridgehead atoms. The predicted octanol–water partition coefficient (Wildman–Crippen LogP) is 3.14. The molecule has 1 rings (SSSR count). The van der Waals surface area contributed by atoms with Gasteiger partial charge in [0.25, 0.3) is 0 Å². The van der Waals surface area contributed by atoms with Crippen molar-refractivity contribution in [1.29, 1.82) is 0 Å². The lowest BCUT2D eigenvalue weighted by atomic mass is 9.92. The zero-order valence-corrected chi connectivity index (χ0v) is 10.5. The zero-order chi connectivity index (χ0) is 11.5. The average molecular weight is 209 g/mol. The second kappa shape index (κ2) is 4.69. The number of hydrogen-bond donors (Lipinski definition) is 1. The first-order valence-corrected chi connectivity index (χ1v) is 5.66. The van der Waals surface area contributed by atoms with Crippen LogP contribution < -0.4 is 5.32 Å². The van der Waals surface area contributed by atoms with E-state index in [1.807, 2.05) is 12.4 Å². The number of anilines is 1. The Morgan fingerprint density at radius 2 is 2.07 bits per heavy atom. The fourth-order valence-electron chi connectivity index (χ4n) is 1.34. The molecule has 0 atom stereocenters. The molecule has 0 spiro atoms. The largest absolute Gasteiger partial charge is 0.353 e. The highest BCUT2D eigenvalue weighted by Gasteiger charge is 2.11. The minimum absolute atomic E-state index is 0.374. The van der Waals surface area contributed by atoms with Crippen LogP contribution in [-0.4, -0.2) is 15.6 Å². The van der Waals surface area contributed by atoms with E-state index in [2.05, 4.69) is 49.5 Å². The summed E-state index contributed by atoms with van der Waals surface area (Å²) < 4.78 is 2.19. The van der Waals surface area contributed by atoms with Gasteiger partial charge in [0.1, 0.15) is 0 Å². The van der Waals surface area contributed by atoms with Crippen LogP contribution in [0.15, 0.2) is 12.4 Å². The molecule has 0 saturated carbocycles. The van der Waals surface area contributed by atoms with Crippen LogP contribution in [0.25, 0.3) is 0 Å². The summed E-state index contributed by atoms with van der Waals surface area (Å²) in [5.41, 5.74) is 0.374. The van der Waals surface area contributed by atoms with E-state index in [9.17, 15) is 0 Å². The summed E-state index contributed by atoms with van der Waals surface area (Å²) in [5, 5.41) is 3.34. The number of nitrogens with one attached hydrogen (secondary N) is 1. The lowest BCUT2D eigenvalue weighted by Gasteiger charge is -2.19. The van der Waals surface area contributed by atoms with E-state index in [1.165, 1.54) is 0 Å². The summed E-state index contributed by atoms with van der Waals surface area (Å²) in [6.07, 6.45) is 5.06. The summed E-state index contributed by atoms with van der Waals surface area (Å²) in [7, 11) is 0. The highest BCUT2D eigenvalue weighted by atomic mass is 15.2. The average Bonchev–Trinajstić information content (AvgIpc) is 2.46. The second-order valence-electron chi connectivity index (χ2n) is 5.55. The van der Waals surface area contributed by atoms with Gasteiger partial charge in [-0.25, -0.2) is 4.98 Å². The maximum absolute atomic E-state index is 4.31. The first-order valence-electron chi connectivity index (χ1n) is 5.66. The van der Waals surface area contributed by atoms with Crippen molar-refractivity contribution in [2.24, 2.45) is 5.41 Å². The maximum Gasteiger partial charge on any atom is 0.202 e. The van der Waals surface area contributed by atoms with Crippen molar-refractivity contribution < 1.29 is 0 Å². The molecule has 0 aromatic carbocycles. The van der Waals surface area contributed by atoms with Crippen LogP contribution in [0.5, 0.6) is 0 Å². The van der Waals surface area contributed by atoms with Gasteiger partial charge >= 0.3 is 0 Å². The van der Waals surface area contributed by atoms with Crippen LogP contribution in [0.1, 0.15) is 41.0 Å². The molecule has 86 valence electrons. The molecule has 3 nitrogen and oxygen atoms in total. The van der Waals surface area contributed by atoms with E-state index in [4.69, 9.17) is 0 Å². The van der Waals surface area contributed by atoms with Crippen molar-refractivity contribution in [2.75, 3.05) is 5.32 Å². The molecule has 0 fully saturated rings. The normalized spacial score (nSPS) is 12.1. The van der Waals surface area contributed by atoms with Crippen LogP contribution in [0.2, 0.25) is 0 Å². The first-order chi connectivity index (χ1) is 6.88. The Kier molecular flexibility index (Phi) is 3.77. The van der Waals surface area contributed by atoms with Crippen molar-refractivity contribution in [3.63, 3.8) is 0 Å². The lowest BCUT2D eigenvalue weighted by Crippen LogP contribution is -2.16. The maximum atomic E-state index is 4.31. The van der Waals surface area contributed by atoms with Crippen LogP contribution in [0, 0.1) is 5.41 Å². The summed E-state index contributed by atoms with van der Waals surface area (Å²) in [5.74, 6) is 0.981. The van der Waals surface area contributed by atoms with E-state index in [0.29, 0.717) is 11.5 Å². The highest BCUT2D eigenvalue weighted by Crippen LogP contribution is 2.20. The molecule has 15 heavy (non-hydrogen) atoms. The van der Waals surface area contributed by atoms with E-state index in [0.717, 1.165) is 18.9 Å². The molecule has 1 aromatic heterocycles. The molecule has 0 aliphatic carbocycles. The van der Waals surface area contributed by atoms with E-state index in [1.54, 1.807) is 0 Å². The Hall–Kier alpha value is -0.990. The van der Waals surface area contributed by atoms with Gasteiger partial charge in [0.05, 0.1) is 0 Å².